The number of carbonyl (C=O) groups excluding carboxylic acids is 2. The fraction of sp³-hybridized carbons (Fsp3) is 0.450. The number of nitrogens with zero attached hydrogens (tertiary/aromatic N) is 3. The van der Waals surface area contributed by atoms with Crippen LogP contribution in [0.4, 0.5) is 13.2 Å². The van der Waals surface area contributed by atoms with E-state index in [4.69, 9.17) is 9.47 Å². The summed E-state index contributed by atoms with van der Waals surface area (Å²) in [5.41, 5.74) is -0.993. The van der Waals surface area contributed by atoms with E-state index in [1.54, 1.807) is 29.2 Å². The fourth-order valence-corrected chi connectivity index (χ4v) is 3.94. The Labute approximate surface area is 175 Å². The zero-order valence-corrected chi connectivity index (χ0v) is 16.7. The van der Waals surface area contributed by atoms with Crippen LogP contribution in [0.5, 0.6) is 5.75 Å². The summed E-state index contributed by atoms with van der Waals surface area (Å²) in [5, 5.41) is 5.66. The first-order chi connectivity index (χ1) is 14.8. The third-order valence-electron chi connectivity index (χ3n) is 5.53. The molecule has 2 amide bonds. The summed E-state index contributed by atoms with van der Waals surface area (Å²) in [6.45, 7) is 1.34. The molecule has 4 rings (SSSR count). The third-order valence-corrected chi connectivity index (χ3v) is 5.53. The smallest absolute Gasteiger partial charge is 0.435 e. The molecule has 31 heavy (non-hydrogen) atoms. The summed E-state index contributed by atoms with van der Waals surface area (Å²) in [7, 11) is 1.49. The second-order valence-electron chi connectivity index (χ2n) is 7.36. The van der Waals surface area contributed by atoms with Crippen LogP contribution in [0.15, 0.2) is 24.3 Å². The molecule has 0 radical (unpaired) electrons. The fourth-order valence-electron chi connectivity index (χ4n) is 3.94. The van der Waals surface area contributed by atoms with E-state index in [1.165, 1.54) is 12.0 Å². The number of fused-ring (bicyclic) bond motifs is 1. The maximum Gasteiger partial charge on any atom is 0.435 e. The van der Waals surface area contributed by atoms with Crippen molar-refractivity contribution in [1.29, 1.82) is 0 Å². The number of hydrogen-bond acceptors (Lipinski definition) is 5. The number of hydrogen-bond donors (Lipinski definition) is 1. The Morgan fingerprint density at radius 2 is 1.94 bits per heavy atom. The Morgan fingerprint density at radius 3 is 2.55 bits per heavy atom. The predicted octanol–water partition coefficient (Wildman–Crippen LogP) is 1.88. The van der Waals surface area contributed by atoms with Crippen molar-refractivity contribution in [3.63, 3.8) is 0 Å². The minimum absolute atomic E-state index is 0.0726. The molecule has 1 aromatic carbocycles. The van der Waals surface area contributed by atoms with Gasteiger partial charge in [0.2, 0.25) is 5.91 Å². The molecule has 1 saturated heterocycles. The lowest BCUT2D eigenvalue weighted by Gasteiger charge is -2.35. The molecule has 1 aromatic heterocycles. The number of benzene rings is 1. The van der Waals surface area contributed by atoms with Gasteiger partial charge in [-0.25, -0.2) is 0 Å². The molecule has 0 spiro atoms. The molecule has 2 aromatic rings. The van der Waals surface area contributed by atoms with E-state index in [-0.39, 0.29) is 30.3 Å². The van der Waals surface area contributed by atoms with Crippen molar-refractivity contribution in [2.24, 2.45) is 0 Å². The van der Waals surface area contributed by atoms with E-state index in [0.717, 1.165) is 0 Å². The average molecular weight is 438 g/mol. The first-order valence-electron chi connectivity index (χ1n) is 9.73. The van der Waals surface area contributed by atoms with E-state index < -0.39 is 23.7 Å². The first-order valence-corrected chi connectivity index (χ1v) is 9.73. The summed E-state index contributed by atoms with van der Waals surface area (Å²) in [6.07, 6.45) is -4.72. The van der Waals surface area contributed by atoms with Gasteiger partial charge in [0.1, 0.15) is 18.0 Å². The van der Waals surface area contributed by atoms with Gasteiger partial charge in [0, 0.05) is 31.1 Å². The van der Waals surface area contributed by atoms with Crippen LogP contribution in [0.1, 0.15) is 33.2 Å². The highest BCUT2D eigenvalue weighted by Gasteiger charge is 2.45. The summed E-state index contributed by atoms with van der Waals surface area (Å²) in [4.78, 5) is 28.5. The predicted molar refractivity (Wildman–Crippen MR) is 102 cm³/mol. The number of methoxy groups -OCH3 is 1. The van der Waals surface area contributed by atoms with Crippen LogP contribution in [0.2, 0.25) is 0 Å². The Morgan fingerprint density at radius 1 is 1.26 bits per heavy atom. The molecule has 1 N–H and O–H groups in total. The molecule has 11 heteroatoms. The number of morpholine rings is 1. The van der Waals surface area contributed by atoms with Crippen molar-refractivity contribution < 1.29 is 32.2 Å². The van der Waals surface area contributed by atoms with Crippen LogP contribution in [-0.2, 0) is 15.7 Å². The minimum Gasteiger partial charge on any atom is -0.497 e. The molecule has 3 heterocycles. The van der Waals surface area contributed by atoms with Crippen LogP contribution in [0.3, 0.4) is 0 Å². The topological polar surface area (TPSA) is 87.8 Å². The SMILES string of the molecule is COc1ccc(C2CN(CC(=O)N3CCOCC3)C(=O)c3[nH]nc(C(F)(F)F)c32)cc1. The molecule has 1 fully saturated rings. The van der Waals surface area contributed by atoms with Gasteiger partial charge in [-0.1, -0.05) is 12.1 Å². The maximum absolute atomic E-state index is 13.6. The molecule has 1 unspecified atom stereocenters. The Bertz CT molecular complexity index is 968. The monoisotopic (exact) mass is 438 g/mol. The second kappa shape index (κ2) is 8.22. The van der Waals surface area contributed by atoms with Crippen molar-refractivity contribution in [3.8, 4) is 5.75 Å². The van der Waals surface area contributed by atoms with Crippen LogP contribution in [0, 0.1) is 0 Å². The average Bonchev–Trinajstić information content (AvgIpc) is 3.22. The normalized spacial score (nSPS) is 19.4. The number of rotatable bonds is 4. The molecule has 1 atom stereocenters. The highest BCUT2D eigenvalue weighted by Crippen LogP contribution is 2.41. The Balaban J connectivity index is 1.68. The largest absolute Gasteiger partial charge is 0.497 e. The molecule has 2 aliphatic heterocycles. The van der Waals surface area contributed by atoms with E-state index in [2.05, 4.69) is 10.2 Å². The molecule has 166 valence electrons. The molecule has 8 nitrogen and oxygen atoms in total. The maximum atomic E-state index is 13.6. The van der Waals surface area contributed by atoms with Gasteiger partial charge in [-0.3, -0.25) is 14.7 Å². The van der Waals surface area contributed by atoms with Gasteiger partial charge < -0.3 is 19.3 Å². The van der Waals surface area contributed by atoms with E-state index in [9.17, 15) is 22.8 Å². The lowest BCUT2D eigenvalue weighted by atomic mass is 9.85. The Kier molecular flexibility index (Phi) is 5.61. The van der Waals surface area contributed by atoms with Gasteiger partial charge in [0.25, 0.3) is 5.91 Å². The van der Waals surface area contributed by atoms with Gasteiger partial charge in [-0.05, 0) is 17.7 Å². The first kappa shape index (κ1) is 21.2. The van der Waals surface area contributed by atoms with Gasteiger partial charge >= 0.3 is 6.18 Å². The van der Waals surface area contributed by atoms with E-state index in [1.807, 2.05) is 0 Å². The second-order valence-corrected chi connectivity index (χ2v) is 7.36. The van der Waals surface area contributed by atoms with Crippen LogP contribution in [0.25, 0.3) is 0 Å². The van der Waals surface area contributed by atoms with E-state index in [0.29, 0.717) is 37.6 Å². The zero-order valence-electron chi connectivity index (χ0n) is 16.7. The number of nitrogens with one attached hydrogen (secondary N) is 1. The van der Waals surface area contributed by atoms with Gasteiger partial charge in [-0.2, -0.15) is 18.3 Å². The van der Waals surface area contributed by atoms with Gasteiger partial charge in [0.15, 0.2) is 5.69 Å². The van der Waals surface area contributed by atoms with Crippen LogP contribution in [-0.4, -0.2) is 78.3 Å². The molecule has 2 aliphatic rings. The standard InChI is InChI=1S/C20H21F3N4O4/c1-30-13-4-2-12(3-5-13)14-10-27(11-15(28)26-6-8-31-9-7-26)19(29)17-16(14)18(25-24-17)20(21,22)23/h2-5,14H,6-11H2,1H3,(H,24,25). The van der Waals surface area contributed by atoms with Crippen LogP contribution < -0.4 is 4.74 Å². The number of amides is 2. The summed E-state index contributed by atoms with van der Waals surface area (Å²) in [6, 6.07) is 6.58. The van der Waals surface area contributed by atoms with Crippen molar-refractivity contribution in [2.45, 2.75) is 12.1 Å². The number of carbonyl (C=O) groups is 2. The third kappa shape index (κ3) is 4.09. The summed E-state index contributed by atoms with van der Waals surface area (Å²) < 4.78 is 51.1. The minimum atomic E-state index is -4.72. The van der Waals surface area contributed by atoms with Crippen molar-refractivity contribution in [3.05, 3.63) is 46.8 Å². The molecule has 0 saturated carbocycles. The molecular weight excluding hydrogens is 417 g/mol. The number of H-pyrrole nitrogens is 1. The number of ether oxygens (including phenoxy) is 2. The molecular formula is C20H21F3N4O4. The molecule has 0 bridgehead atoms. The number of alkyl halides is 3. The highest BCUT2D eigenvalue weighted by atomic mass is 19.4. The number of halogens is 3. The molecule has 0 aliphatic carbocycles. The zero-order chi connectivity index (χ0) is 22.2. The quantitative estimate of drug-likeness (QED) is 0.788. The van der Waals surface area contributed by atoms with Crippen molar-refractivity contribution in [1.82, 2.24) is 20.0 Å². The van der Waals surface area contributed by atoms with Crippen molar-refractivity contribution >= 4 is 11.8 Å². The van der Waals surface area contributed by atoms with Crippen molar-refractivity contribution in [2.75, 3.05) is 46.5 Å². The number of aromatic nitrogens is 2. The van der Waals surface area contributed by atoms with Gasteiger partial charge in [-0.15, -0.1) is 0 Å². The summed E-state index contributed by atoms with van der Waals surface area (Å²) >= 11 is 0. The lowest BCUT2D eigenvalue weighted by Crippen LogP contribution is -2.49. The van der Waals surface area contributed by atoms with Gasteiger partial charge in [0.05, 0.1) is 20.3 Å². The van der Waals surface area contributed by atoms with Crippen LogP contribution >= 0.6 is 0 Å². The summed E-state index contributed by atoms with van der Waals surface area (Å²) in [5.74, 6) is -1.20. The Hall–Kier alpha value is -3.08. The van der Waals surface area contributed by atoms with E-state index >= 15 is 0 Å². The number of aromatic amines is 1. The highest BCUT2D eigenvalue weighted by molar-refractivity contribution is 5.98. The lowest BCUT2D eigenvalue weighted by molar-refractivity contribution is -0.142.